The van der Waals surface area contributed by atoms with Gasteiger partial charge in [-0.2, -0.15) is 14.6 Å². The Morgan fingerprint density at radius 2 is 2.13 bits per heavy atom. The number of thiazole rings is 1. The van der Waals surface area contributed by atoms with Gasteiger partial charge in [-0.25, -0.2) is 9.97 Å². The van der Waals surface area contributed by atoms with Gasteiger partial charge >= 0.3 is 0 Å². The second-order valence-electron chi connectivity index (χ2n) is 5.53. The van der Waals surface area contributed by atoms with Gasteiger partial charge in [-0.15, -0.1) is 11.3 Å². The molecular weight excluding hydrogens is 312 g/mol. The molecule has 122 valence electrons. The predicted octanol–water partition coefficient (Wildman–Crippen LogP) is 2.54. The molecule has 0 aliphatic heterocycles. The van der Waals surface area contributed by atoms with Gasteiger partial charge in [-0.1, -0.05) is 0 Å². The maximum absolute atomic E-state index is 5.32. The molecule has 3 aromatic rings. The molecule has 0 spiro atoms. The van der Waals surface area contributed by atoms with Crippen molar-refractivity contribution in [3.8, 4) is 0 Å². The molecule has 0 saturated carbocycles. The molecule has 0 aliphatic rings. The molecule has 0 fully saturated rings. The first-order chi connectivity index (χ1) is 11.0. The Bertz CT molecular complexity index is 827. The van der Waals surface area contributed by atoms with Crippen molar-refractivity contribution < 1.29 is 4.74 Å². The molecule has 0 bridgehead atoms. The van der Waals surface area contributed by atoms with Gasteiger partial charge in [0.1, 0.15) is 23.3 Å². The first-order valence-corrected chi connectivity index (χ1v) is 8.24. The molecule has 3 aromatic heterocycles. The maximum Gasteiger partial charge on any atom is 0.254 e. The minimum absolute atomic E-state index is 0.0194. The van der Waals surface area contributed by atoms with Gasteiger partial charge in [0.25, 0.3) is 5.78 Å². The van der Waals surface area contributed by atoms with Crippen LogP contribution in [0.1, 0.15) is 35.0 Å². The summed E-state index contributed by atoms with van der Waals surface area (Å²) in [6.45, 7) is 6.73. The molecular formula is C15H20N6OS. The lowest BCUT2D eigenvalue weighted by atomic mass is 10.2. The van der Waals surface area contributed by atoms with E-state index >= 15 is 0 Å². The van der Waals surface area contributed by atoms with Crippen LogP contribution >= 0.6 is 11.3 Å². The summed E-state index contributed by atoms with van der Waals surface area (Å²) in [6.07, 6.45) is 1.55. The number of hydrogen-bond donors (Lipinski definition) is 0. The minimum atomic E-state index is 0.0194. The minimum Gasteiger partial charge on any atom is -0.375 e. The molecule has 3 rings (SSSR count). The first-order valence-electron chi connectivity index (χ1n) is 7.36. The number of hydrogen-bond acceptors (Lipinski definition) is 7. The summed E-state index contributed by atoms with van der Waals surface area (Å²) in [7, 11) is 3.73. The third-order valence-electron chi connectivity index (χ3n) is 3.91. The van der Waals surface area contributed by atoms with Crippen LogP contribution in [0.4, 0.5) is 5.82 Å². The van der Waals surface area contributed by atoms with E-state index in [1.54, 1.807) is 23.0 Å². The second kappa shape index (κ2) is 6.21. The lowest BCUT2D eigenvalue weighted by Crippen LogP contribution is -2.22. The molecule has 1 atom stereocenters. The smallest absolute Gasteiger partial charge is 0.254 e. The molecule has 8 heteroatoms. The molecule has 23 heavy (non-hydrogen) atoms. The molecule has 1 unspecified atom stereocenters. The molecule has 0 amide bonds. The summed E-state index contributed by atoms with van der Waals surface area (Å²) < 4.78 is 7.10. The number of rotatable bonds is 5. The van der Waals surface area contributed by atoms with Crippen LogP contribution in [0, 0.1) is 13.8 Å². The van der Waals surface area contributed by atoms with E-state index in [2.05, 4.69) is 37.3 Å². The summed E-state index contributed by atoms with van der Waals surface area (Å²) in [5.74, 6) is 1.60. The highest BCUT2D eigenvalue weighted by molar-refractivity contribution is 7.09. The van der Waals surface area contributed by atoms with E-state index < -0.39 is 0 Å². The number of nitrogens with zero attached hydrogens (tertiary/aromatic N) is 6. The average Bonchev–Trinajstić information content (AvgIpc) is 3.16. The van der Waals surface area contributed by atoms with Crippen LogP contribution in [-0.2, 0) is 11.3 Å². The van der Waals surface area contributed by atoms with Crippen LogP contribution in [0.15, 0.2) is 11.7 Å². The van der Waals surface area contributed by atoms with Crippen LogP contribution in [0.25, 0.3) is 5.78 Å². The Hall–Kier alpha value is -2.06. The Labute approximate surface area is 139 Å². The molecule has 0 saturated heterocycles. The van der Waals surface area contributed by atoms with Gasteiger partial charge in [-0.3, -0.25) is 0 Å². The number of aryl methyl sites for hydroxylation is 1. The summed E-state index contributed by atoms with van der Waals surface area (Å²) >= 11 is 1.62. The van der Waals surface area contributed by atoms with Crippen molar-refractivity contribution in [2.75, 3.05) is 19.1 Å². The van der Waals surface area contributed by atoms with Crippen molar-refractivity contribution in [2.24, 2.45) is 0 Å². The fraction of sp³-hybridized carbons (Fsp3) is 0.467. The van der Waals surface area contributed by atoms with Crippen LogP contribution in [0.3, 0.4) is 0 Å². The lowest BCUT2D eigenvalue weighted by molar-refractivity contribution is 0.119. The topological polar surface area (TPSA) is 68.4 Å². The van der Waals surface area contributed by atoms with Gasteiger partial charge in [0, 0.05) is 30.8 Å². The van der Waals surface area contributed by atoms with Crippen molar-refractivity contribution in [2.45, 2.75) is 33.4 Å². The quantitative estimate of drug-likeness (QED) is 0.715. The third kappa shape index (κ3) is 2.91. The van der Waals surface area contributed by atoms with Gasteiger partial charge in [0.2, 0.25) is 0 Å². The van der Waals surface area contributed by atoms with E-state index in [4.69, 9.17) is 4.74 Å². The standard InChI is InChI=1S/C15H20N6OS/c1-9-10(2)18-15-16-8-17-21(15)14(9)20(4)6-12-7-23-13(19-12)11(3)22-5/h7-8,11H,6H2,1-5H3. The van der Waals surface area contributed by atoms with Crippen LogP contribution in [-0.4, -0.2) is 38.7 Å². The average molecular weight is 332 g/mol. The fourth-order valence-corrected chi connectivity index (χ4v) is 3.31. The third-order valence-corrected chi connectivity index (χ3v) is 4.96. The molecule has 0 aromatic carbocycles. The SMILES string of the molecule is COC(C)c1nc(CN(C)c2c(C)c(C)nc3ncnn23)cs1. The Balaban J connectivity index is 1.92. The van der Waals surface area contributed by atoms with Crippen molar-refractivity contribution in [3.63, 3.8) is 0 Å². The summed E-state index contributed by atoms with van der Waals surface area (Å²) in [5.41, 5.74) is 3.06. The molecule has 3 heterocycles. The van der Waals surface area contributed by atoms with E-state index in [1.807, 2.05) is 20.9 Å². The fourth-order valence-electron chi connectivity index (χ4n) is 2.46. The zero-order valence-electron chi connectivity index (χ0n) is 13.9. The predicted molar refractivity (Wildman–Crippen MR) is 89.9 cm³/mol. The number of aromatic nitrogens is 5. The number of ether oxygens (including phenoxy) is 1. The molecule has 0 aliphatic carbocycles. The van der Waals surface area contributed by atoms with E-state index in [-0.39, 0.29) is 6.10 Å². The number of anilines is 1. The highest BCUT2D eigenvalue weighted by atomic mass is 32.1. The normalized spacial score (nSPS) is 12.7. The van der Waals surface area contributed by atoms with Gasteiger partial charge in [0.05, 0.1) is 12.2 Å². The van der Waals surface area contributed by atoms with Crippen LogP contribution < -0.4 is 4.90 Å². The zero-order valence-corrected chi connectivity index (χ0v) is 14.8. The highest BCUT2D eigenvalue weighted by Gasteiger charge is 2.17. The van der Waals surface area contributed by atoms with E-state index in [0.29, 0.717) is 12.3 Å². The van der Waals surface area contributed by atoms with Crippen molar-refractivity contribution in [3.05, 3.63) is 33.7 Å². The van der Waals surface area contributed by atoms with Crippen molar-refractivity contribution in [1.29, 1.82) is 0 Å². The van der Waals surface area contributed by atoms with E-state index in [1.165, 1.54) is 6.33 Å². The molecule has 7 nitrogen and oxygen atoms in total. The monoisotopic (exact) mass is 332 g/mol. The molecule has 0 radical (unpaired) electrons. The Morgan fingerprint density at radius 1 is 1.35 bits per heavy atom. The number of fused-ring (bicyclic) bond motifs is 1. The lowest BCUT2D eigenvalue weighted by Gasteiger charge is -2.21. The van der Waals surface area contributed by atoms with Crippen molar-refractivity contribution >= 4 is 22.9 Å². The zero-order chi connectivity index (χ0) is 16.6. The van der Waals surface area contributed by atoms with E-state index in [0.717, 1.165) is 27.8 Å². The van der Waals surface area contributed by atoms with Gasteiger partial charge in [0.15, 0.2) is 0 Å². The summed E-state index contributed by atoms with van der Waals surface area (Å²) in [6, 6.07) is 0. The first kappa shape index (κ1) is 15.8. The summed E-state index contributed by atoms with van der Waals surface area (Å²) in [5, 5.41) is 7.36. The maximum atomic E-state index is 5.32. The molecule has 0 N–H and O–H groups in total. The largest absolute Gasteiger partial charge is 0.375 e. The highest BCUT2D eigenvalue weighted by Crippen LogP contribution is 2.25. The Morgan fingerprint density at radius 3 is 2.87 bits per heavy atom. The van der Waals surface area contributed by atoms with E-state index in [9.17, 15) is 0 Å². The van der Waals surface area contributed by atoms with Crippen LogP contribution in [0.2, 0.25) is 0 Å². The van der Waals surface area contributed by atoms with Crippen LogP contribution in [0.5, 0.6) is 0 Å². The second-order valence-corrected chi connectivity index (χ2v) is 6.42. The Kier molecular flexibility index (Phi) is 4.27. The summed E-state index contributed by atoms with van der Waals surface area (Å²) in [4.78, 5) is 15.4. The number of methoxy groups -OCH3 is 1. The van der Waals surface area contributed by atoms with Gasteiger partial charge < -0.3 is 9.64 Å². The van der Waals surface area contributed by atoms with Crippen molar-refractivity contribution in [1.82, 2.24) is 24.6 Å². The van der Waals surface area contributed by atoms with Gasteiger partial charge in [-0.05, 0) is 20.8 Å².